The van der Waals surface area contributed by atoms with Gasteiger partial charge in [-0.1, -0.05) is 25.1 Å². The van der Waals surface area contributed by atoms with Crippen LogP contribution in [0.2, 0.25) is 0 Å². The third-order valence-electron chi connectivity index (χ3n) is 6.71. The summed E-state index contributed by atoms with van der Waals surface area (Å²) in [7, 11) is -3.75. The Kier molecular flexibility index (Phi) is 13.6. The van der Waals surface area contributed by atoms with E-state index in [2.05, 4.69) is 9.71 Å². The summed E-state index contributed by atoms with van der Waals surface area (Å²) in [4.78, 5) is 42.4. The van der Waals surface area contributed by atoms with Crippen LogP contribution in [-0.2, 0) is 31.0 Å². The minimum atomic E-state index is -3.75. The van der Waals surface area contributed by atoms with Gasteiger partial charge in [0.2, 0.25) is 11.8 Å². The number of benzene rings is 1. The van der Waals surface area contributed by atoms with Gasteiger partial charge >= 0.3 is 0 Å². The predicted octanol–water partition coefficient (Wildman–Crippen LogP) is 3.31. The lowest BCUT2D eigenvalue weighted by Crippen LogP contribution is -2.42. The third-order valence-corrected chi connectivity index (χ3v) is 9.51. The second-order valence-electron chi connectivity index (χ2n) is 9.75. The van der Waals surface area contributed by atoms with Crippen LogP contribution in [0.3, 0.4) is 0 Å². The number of aromatic nitrogens is 2. The van der Waals surface area contributed by atoms with Crippen molar-refractivity contribution in [3.63, 3.8) is 0 Å². The number of thiophene rings is 1. The number of amides is 2. The van der Waals surface area contributed by atoms with Gasteiger partial charge in [0.25, 0.3) is 16.5 Å². The maximum Gasteiger partial charge on any atom is 0.290 e. The molecule has 0 fully saturated rings. The SMILES string of the molecule is CCCC(=O)N1CCCCN(C(=O)CNS(=O)(=O)c2cccs2)CCn2ccnc2-c2cccc(c2)OCCC1.O=CO. The molecule has 0 atom stereocenters. The second kappa shape index (κ2) is 17.4. The molecule has 3 heterocycles. The van der Waals surface area contributed by atoms with Gasteiger partial charge in [-0.25, -0.2) is 18.1 Å². The van der Waals surface area contributed by atoms with Crippen LogP contribution in [0.1, 0.15) is 39.0 Å². The van der Waals surface area contributed by atoms with Crippen molar-refractivity contribution in [1.29, 1.82) is 0 Å². The van der Waals surface area contributed by atoms with E-state index in [0.29, 0.717) is 58.6 Å². The summed E-state index contributed by atoms with van der Waals surface area (Å²) in [6, 6.07) is 10.9. The number of carbonyl (C=O) groups is 3. The van der Waals surface area contributed by atoms with Gasteiger partial charge in [0, 0.05) is 57.1 Å². The molecule has 0 unspecified atom stereocenters. The molecule has 0 saturated heterocycles. The van der Waals surface area contributed by atoms with Crippen molar-refractivity contribution in [1.82, 2.24) is 24.1 Å². The van der Waals surface area contributed by atoms with Crippen molar-refractivity contribution in [2.75, 3.05) is 39.3 Å². The molecule has 12 nitrogen and oxygen atoms in total. The number of hydrogen-bond acceptors (Lipinski definition) is 8. The Balaban J connectivity index is 0.00000162. The van der Waals surface area contributed by atoms with Crippen LogP contribution in [0.5, 0.6) is 5.75 Å². The molecule has 1 aliphatic heterocycles. The Bertz CT molecular complexity index is 1410. The van der Waals surface area contributed by atoms with Crippen LogP contribution in [0, 0.1) is 0 Å². The number of imidazole rings is 1. The highest BCUT2D eigenvalue weighted by Gasteiger charge is 2.21. The van der Waals surface area contributed by atoms with E-state index in [4.69, 9.17) is 14.6 Å². The standard InChI is InChI=1S/C28H37N5O5S2.CH2O2/c1-2-8-25(34)31-13-3-4-14-32(26(35)22-30-40(36,37)27-11-6-20-39-27)17-18-33-16-12-29-28(33)23-9-5-10-24(21-23)38-19-7-15-31;2-1-3/h5-6,9-12,16,20-21,30H,2-4,7-8,13-15,17-19,22H2,1H3;1H,(H,2,3). The number of sulfonamides is 1. The highest BCUT2D eigenvalue weighted by molar-refractivity contribution is 7.91. The maximum atomic E-state index is 13.2. The summed E-state index contributed by atoms with van der Waals surface area (Å²) in [6.07, 6.45) is 7.02. The van der Waals surface area contributed by atoms with Crippen LogP contribution in [0.4, 0.5) is 0 Å². The molecule has 2 N–H and O–H groups in total. The number of hydrogen-bond donors (Lipinski definition) is 2. The van der Waals surface area contributed by atoms with Gasteiger partial charge in [0.15, 0.2) is 0 Å². The van der Waals surface area contributed by atoms with Crippen LogP contribution in [-0.4, -0.2) is 90.5 Å². The van der Waals surface area contributed by atoms with Gasteiger partial charge in [-0.3, -0.25) is 14.4 Å². The predicted molar refractivity (Wildman–Crippen MR) is 163 cm³/mol. The zero-order valence-electron chi connectivity index (χ0n) is 24.3. The zero-order valence-corrected chi connectivity index (χ0v) is 25.9. The quantitative estimate of drug-likeness (QED) is 0.393. The molecule has 2 amide bonds. The normalized spacial score (nSPS) is 14.8. The van der Waals surface area contributed by atoms with Gasteiger partial charge in [-0.15, -0.1) is 11.3 Å². The average molecular weight is 634 g/mol. The first-order valence-electron chi connectivity index (χ1n) is 14.2. The van der Waals surface area contributed by atoms with E-state index in [0.717, 1.165) is 41.3 Å². The lowest BCUT2D eigenvalue weighted by Gasteiger charge is -2.25. The fourth-order valence-corrected chi connectivity index (χ4v) is 6.62. The van der Waals surface area contributed by atoms with E-state index in [1.54, 1.807) is 22.5 Å². The summed E-state index contributed by atoms with van der Waals surface area (Å²) < 4.78 is 35.8. The molecule has 14 heteroatoms. The van der Waals surface area contributed by atoms with Crippen LogP contribution in [0.25, 0.3) is 11.4 Å². The highest BCUT2D eigenvalue weighted by atomic mass is 32.2. The van der Waals surface area contributed by atoms with Gasteiger partial charge in [0.1, 0.15) is 15.8 Å². The van der Waals surface area contributed by atoms with E-state index in [1.165, 1.54) is 6.07 Å². The van der Waals surface area contributed by atoms with Crippen LogP contribution >= 0.6 is 11.3 Å². The van der Waals surface area contributed by atoms with E-state index >= 15 is 0 Å². The molecule has 234 valence electrons. The van der Waals surface area contributed by atoms with Crippen molar-refractivity contribution >= 4 is 39.6 Å². The van der Waals surface area contributed by atoms with Gasteiger partial charge in [-0.2, -0.15) is 0 Å². The average Bonchev–Trinajstić information content (AvgIpc) is 3.70. The number of fused-ring (bicyclic) bond motifs is 4. The van der Waals surface area contributed by atoms with E-state index in [1.807, 2.05) is 46.9 Å². The molecule has 2 aromatic heterocycles. The first kappa shape index (κ1) is 33.7. The van der Waals surface area contributed by atoms with Crippen molar-refractivity contribution in [3.8, 4) is 17.1 Å². The monoisotopic (exact) mass is 633 g/mol. The minimum Gasteiger partial charge on any atom is -0.494 e. The highest BCUT2D eigenvalue weighted by Crippen LogP contribution is 2.23. The summed E-state index contributed by atoms with van der Waals surface area (Å²) >= 11 is 1.11. The minimum absolute atomic E-state index is 0.128. The fourth-order valence-electron chi connectivity index (χ4n) is 4.60. The number of ether oxygens (including phenoxy) is 1. The second-order valence-corrected chi connectivity index (χ2v) is 12.7. The van der Waals surface area contributed by atoms with Crippen LogP contribution < -0.4 is 9.46 Å². The van der Waals surface area contributed by atoms with E-state index < -0.39 is 10.0 Å². The van der Waals surface area contributed by atoms with Crippen molar-refractivity contribution in [3.05, 3.63) is 54.2 Å². The smallest absolute Gasteiger partial charge is 0.290 e. The van der Waals surface area contributed by atoms with E-state index in [-0.39, 0.29) is 29.0 Å². The third kappa shape index (κ3) is 10.5. The molecule has 1 aliphatic rings. The largest absolute Gasteiger partial charge is 0.494 e. The summed E-state index contributed by atoms with van der Waals surface area (Å²) in [5, 5.41) is 8.57. The number of rotatable bonds is 6. The Hall–Kier alpha value is -3.75. The molecular weight excluding hydrogens is 594 g/mol. The molecular formula is C29H39N5O7S2. The van der Waals surface area contributed by atoms with Gasteiger partial charge in [0.05, 0.1) is 13.2 Å². The number of carboxylic acid groups (broad SMARTS) is 1. The lowest BCUT2D eigenvalue weighted by molar-refractivity contribution is -0.132. The molecule has 0 spiro atoms. The topological polar surface area (TPSA) is 151 Å². The van der Waals surface area contributed by atoms with Crippen LogP contribution in [0.15, 0.2) is 58.4 Å². The lowest BCUT2D eigenvalue weighted by atomic mass is 10.2. The van der Waals surface area contributed by atoms with Crippen molar-refractivity contribution in [2.45, 2.75) is 49.8 Å². The molecule has 0 saturated carbocycles. The maximum absolute atomic E-state index is 13.2. The number of nitrogens with zero attached hydrogens (tertiary/aromatic N) is 4. The Morgan fingerprint density at radius 3 is 2.47 bits per heavy atom. The number of carbonyl (C=O) groups excluding carboxylic acids is 2. The van der Waals surface area contributed by atoms with Crippen molar-refractivity contribution < 1.29 is 32.6 Å². The fraction of sp³-hybridized carbons (Fsp3) is 0.448. The van der Waals surface area contributed by atoms with E-state index in [9.17, 15) is 18.0 Å². The first-order chi connectivity index (χ1) is 20.8. The molecule has 43 heavy (non-hydrogen) atoms. The molecule has 2 bridgehead atoms. The Labute approximate surface area is 256 Å². The summed E-state index contributed by atoms with van der Waals surface area (Å²) in [6.45, 7) is 4.47. The Morgan fingerprint density at radius 1 is 1.05 bits per heavy atom. The molecule has 0 radical (unpaired) electrons. The van der Waals surface area contributed by atoms with Gasteiger partial charge in [-0.05, 0) is 49.3 Å². The first-order valence-corrected chi connectivity index (χ1v) is 16.6. The van der Waals surface area contributed by atoms with Crippen molar-refractivity contribution in [2.24, 2.45) is 0 Å². The van der Waals surface area contributed by atoms with Gasteiger partial charge < -0.3 is 24.2 Å². The zero-order chi connectivity index (χ0) is 31.1. The molecule has 4 rings (SSSR count). The number of nitrogens with one attached hydrogen (secondary N) is 1. The molecule has 1 aromatic carbocycles. The summed E-state index contributed by atoms with van der Waals surface area (Å²) in [5.41, 5.74) is 0.896. The molecule has 0 aliphatic carbocycles. The Morgan fingerprint density at radius 2 is 1.77 bits per heavy atom. The molecule has 3 aromatic rings. The summed E-state index contributed by atoms with van der Waals surface area (Å²) in [5.74, 6) is 1.33.